The maximum atomic E-state index is 12.2. The van der Waals surface area contributed by atoms with Gasteiger partial charge >= 0.3 is 5.97 Å². The smallest absolute Gasteiger partial charge is 0.322 e. The summed E-state index contributed by atoms with van der Waals surface area (Å²) in [7, 11) is 0. The van der Waals surface area contributed by atoms with E-state index in [-0.39, 0.29) is 6.42 Å². The minimum Gasteiger partial charge on any atom is -0.480 e. The number of carbonyl (C=O) groups is 4. The Labute approximate surface area is 154 Å². The highest BCUT2D eigenvalue weighted by atomic mass is 16.4. The number of nitrogens with two attached hydrogens (primary N) is 1. The van der Waals surface area contributed by atoms with Crippen molar-refractivity contribution in [2.45, 2.75) is 44.5 Å². The lowest BCUT2D eigenvalue weighted by molar-refractivity contribution is -0.139. The second kappa shape index (κ2) is 10.2. The summed E-state index contributed by atoms with van der Waals surface area (Å²) < 4.78 is 0. The highest BCUT2D eigenvalue weighted by molar-refractivity contribution is 5.93. The Balaban J connectivity index is 2.58. The molecule has 12 nitrogen and oxygen atoms in total. The van der Waals surface area contributed by atoms with Crippen molar-refractivity contribution >= 4 is 23.7 Å². The number of nitrogens with one attached hydrogen (secondary N) is 4. The van der Waals surface area contributed by atoms with Gasteiger partial charge in [0.05, 0.1) is 18.5 Å². The summed E-state index contributed by atoms with van der Waals surface area (Å²) >= 11 is 0. The predicted octanol–water partition coefficient (Wildman–Crippen LogP) is -3.15. The molecule has 0 aromatic carbocycles. The van der Waals surface area contributed by atoms with Crippen molar-refractivity contribution in [3.8, 4) is 0 Å². The molecular weight excluding hydrogens is 360 g/mol. The standard InChI is InChI=1S/C15H24N6O6/c1-7(20-14(26)10(16)3-9-4-17-6-19-9)13(25)21-12(8(2)22)15(27)18-5-11(23)24/h4,6-8,10,12,22H,3,5,16H2,1-2H3,(H,17,19)(H,18,27)(H,20,26)(H,21,25)(H,23,24). The molecule has 0 bridgehead atoms. The van der Waals surface area contributed by atoms with E-state index >= 15 is 0 Å². The van der Waals surface area contributed by atoms with Gasteiger partial charge in [0.2, 0.25) is 17.7 Å². The molecule has 0 saturated carbocycles. The van der Waals surface area contributed by atoms with Crippen molar-refractivity contribution in [1.82, 2.24) is 25.9 Å². The lowest BCUT2D eigenvalue weighted by atomic mass is 10.1. The van der Waals surface area contributed by atoms with Crippen LogP contribution < -0.4 is 21.7 Å². The highest BCUT2D eigenvalue weighted by Crippen LogP contribution is 1.98. The van der Waals surface area contributed by atoms with Crippen LogP contribution in [-0.2, 0) is 25.6 Å². The van der Waals surface area contributed by atoms with Gasteiger partial charge in [-0.3, -0.25) is 19.2 Å². The van der Waals surface area contributed by atoms with Crippen LogP contribution in [0.2, 0.25) is 0 Å². The van der Waals surface area contributed by atoms with Crippen molar-refractivity contribution in [3.05, 3.63) is 18.2 Å². The second-order valence-electron chi connectivity index (χ2n) is 5.96. The quantitative estimate of drug-likeness (QED) is 0.219. The first-order valence-electron chi connectivity index (χ1n) is 8.13. The van der Waals surface area contributed by atoms with E-state index in [2.05, 4.69) is 25.9 Å². The first kappa shape index (κ1) is 22.1. The van der Waals surface area contributed by atoms with Crippen molar-refractivity contribution in [2.75, 3.05) is 6.54 Å². The van der Waals surface area contributed by atoms with E-state index in [1.807, 2.05) is 0 Å². The van der Waals surface area contributed by atoms with E-state index in [4.69, 9.17) is 10.8 Å². The second-order valence-corrected chi connectivity index (χ2v) is 5.96. The third kappa shape index (κ3) is 7.42. The van der Waals surface area contributed by atoms with Gasteiger partial charge in [0.1, 0.15) is 18.6 Å². The molecule has 1 aromatic rings. The molecule has 0 spiro atoms. The van der Waals surface area contributed by atoms with Crippen LogP contribution in [0.25, 0.3) is 0 Å². The fourth-order valence-corrected chi connectivity index (χ4v) is 2.07. The topological polar surface area (TPSA) is 200 Å². The molecule has 1 heterocycles. The van der Waals surface area contributed by atoms with Gasteiger partial charge in [-0.25, -0.2) is 4.98 Å². The zero-order chi connectivity index (χ0) is 20.6. The number of carbonyl (C=O) groups excluding carboxylic acids is 3. The molecule has 4 atom stereocenters. The molecule has 0 aliphatic rings. The number of aromatic amines is 1. The highest BCUT2D eigenvalue weighted by Gasteiger charge is 2.28. The monoisotopic (exact) mass is 384 g/mol. The number of hydrogen-bond acceptors (Lipinski definition) is 7. The zero-order valence-electron chi connectivity index (χ0n) is 14.9. The first-order valence-corrected chi connectivity index (χ1v) is 8.13. The van der Waals surface area contributed by atoms with Gasteiger partial charge in [0, 0.05) is 18.3 Å². The van der Waals surface area contributed by atoms with E-state index in [0.717, 1.165) is 0 Å². The summed E-state index contributed by atoms with van der Waals surface area (Å²) in [4.78, 5) is 53.3. The maximum Gasteiger partial charge on any atom is 0.322 e. The number of carboxylic acid groups (broad SMARTS) is 1. The Bertz CT molecular complexity index is 662. The van der Waals surface area contributed by atoms with E-state index in [1.165, 1.54) is 26.4 Å². The van der Waals surface area contributed by atoms with Crippen LogP contribution in [0.5, 0.6) is 0 Å². The molecule has 0 radical (unpaired) electrons. The van der Waals surface area contributed by atoms with Gasteiger partial charge in [-0.15, -0.1) is 0 Å². The molecule has 3 amide bonds. The molecule has 0 aliphatic heterocycles. The lowest BCUT2D eigenvalue weighted by Crippen LogP contribution is -2.58. The minimum atomic E-state index is -1.38. The lowest BCUT2D eigenvalue weighted by Gasteiger charge is -2.23. The summed E-state index contributed by atoms with van der Waals surface area (Å²) in [6.07, 6.45) is 1.87. The third-order valence-electron chi connectivity index (χ3n) is 3.56. The molecule has 0 saturated heterocycles. The number of H-pyrrole nitrogens is 1. The number of carboxylic acids is 1. The zero-order valence-corrected chi connectivity index (χ0v) is 14.9. The molecular formula is C15H24N6O6. The van der Waals surface area contributed by atoms with E-state index < -0.39 is 54.5 Å². The predicted molar refractivity (Wildman–Crippen MR) is 92.1 cm³/mol. The molecule has 0 fully saturated rings. The van der Waals surface area contributed by atoms with Crippen LogP contribution in [0, 0.1) is 0 Å². The normalized spacial score (nSPS) is 15.1. The summed E-state index contributed by atoms with van der Waals surface area (Å²) in [6.45, 7) is 1.98. The number of amides is 3. The SMILES string of the molecule is CC(NC(=O)C(N)Cc1cnc[nH]1)C(=O)NC(C(=O)NCC(=O)O)C(C)O. The molecule has 27 heavy (non-hydrogen) atoms. The number of aliphatic hydroxyl groups is 1. The number of imidazole rings is 1. The van der Waals surface area contributed by atoms with E-state index in [9.17, 15) is 24.3 Å². The average Bonchev–Trinajstić information content (AvgIpc) is 3.09. The third-order valence-corrected chi connectivity index (χ3v) is 3.56. The average molecular weight is 384 g/mol. The maximum absolute atomic E-state index is 12.2. The molecule has 1 aromatic heterocycles. The Morgan fingerprint density at radius 1 is 1.19 bits per heavy atom. The van der Waals surface area contributed by atoms with Crippen LogP contribution in [0.3, 0.4) is 0 Å². The Hall–Kier alpha value is -2.99. The van der Waals surface area contributed by atoms with Crippen molar-refractivity contribution in [2.24, 2.45) is 5.73 Å². The molecule has 4 unspecified atom stereocenters. The molecule has 8 N–H and O–H groups in total. The van der Waals surface area contributed by atoms with E-state index in [0.29, 0.717) is 5.69 Å². The molecule has 12 heteroatoms. The number of rotatable bonds is 10. The van der Waals surface area contributed by atoms with Crippen LogP contribution in [0.4, 0.5) is 0 Å². The van der Waals surface area contributed by atoms with Crippen molar-refractivity contribution in [1.29, 1.82) is 0 Å². The first-order chi connectivity index (χ1) is 12.6. The van der Waals surface area contributed by atoms with Crippen molar-refractivity contribution in [3.63, 3.8) is 0 Å². The van der Waals surface area contributed by atoms with Crippen LogP contribution in [-0.4, -0.2) is 74.6 Å². The minimum absolute atomic E-state index is 0.189. The van der Waals surface area contributed by atoms with E-state index in [1.54, 1.807) is 0 Å². The van der Waals surface area contributed by atoms with Gasteiger partial charge in [0.25, 0.3) is 0 Å². The number of aliphatic carboxylic acids is 1. The molecule has 0 aliphatic carbocycles. The van der Waals surface area contributed by atoms with Crippen molar-refractivity contribution < 1.29 is 29.4 Å². The van der Waals surface area contributed by atoms with Gasteiger partial charge in [-0.1, -0.05) is 0 Å². The van der Waals surface area contributed by atoms with Gasteiger partial charge < -0.3 is 36.9 Å². The van der Waals surface area contributed by atoms with Gasteiger partial charge in [-0.2, -0.15) is 0 Å². The van der Waals surface area contributed by atoms with Crippen LogP contribution >= 0.6 is 0 Å². The van der Waals surface area contributed by atoms with Gasteiger partial charge in [-0.05, 0) is 13.8 Å². The number of nitrogens with zero attached hydrogens (tertiary/aromatic N) is 1. The Morgan fingerprint density at radius 2 is 1.85 bits per heavy atom. The Morgan fingerprint density at radius 3 is 2.37 bits per heavy atom. The summed E-state index contributed by atoms with van der Waals surface area (Å²) in [5.74, 6) is -3.47. The number of aliphatic hydroxyl groups excluding tert-OH is 1. The molecule has 1 rings (SSSR count). The summed E-state index contributed by atoms with van der Waals surface area (Å²) in [6, 6.07) is -3.35. The largest absolute Gasteiger partial charge is 0.480 e. The summed E-state index contributed by atoms with van der Waals surface area (Å²) in [5.41, 5.74) is 6.42. The fraction of sp³-hybridized carbons (Fsp3) is 0.533. The van der Waals surface area contributed by atoms with Crippen LogP contribution in [0.15, 0.2) is 12.5 Å². The Kier molecular flexibility index (Phi) is 8.35. The fourth-order valence-electron chi connectivity index (χ4n) is 2.07. The molecule has 150 valence electrons. The number of hydrogen-bond donors (Lipinski definition) is 7. The number of aromatic nitrogens is 2. The van der Waals surface area contributed by atoms with Crippen LogP contribution in [0.1, 0.15) is 19.5 Å². The van der Waals surface area contributed by atoms with Gasteiger partial charge in [0.15, 0.2) is 0 Å². The summed E-state index contributed by atoms with van der Waals surface area (Å²) in [5, 5.41) is 25.0.